The van der Waals surface area contributed by atoms with Crippen molar-refractivity contribution in [1.82, 2.24) is 14.9 Å². The van der Waals surface area contributed by atoms with Crippen LogP contribution in [-0.2, 0) is 11.3 Å². The van der Waals surface area contributed by atoms with Gasteiger partial charge in [0, 0.05) is 13.1 Å². The van der Waals surface area contributed by atoms with E-state index in [1.807, 2.05) is 54.9 Å². The molecule has 0 bridgehead atoms. The summed E-state index contributed by atoms with van der Waals surface area (Å²) in [5, 5.41) is 3.10. The minimum Gasteiger partial charge on any atom is -0.356 e. The lowest BCUT2D eigenvalue weighted by molar-refractivity contribution is -0.122. The van der Waals surface area contributed by atoms with Gasteiger partial charge in [-0.2, -0.15) is 0 Å². The van der Waals surface area contributed by atoms with Gasteiger partial charge in [0.25, 0.3) is 0 Å². The predicted molar refractivity (Wildman–Crippen MR) is 101 cm³/mol. The molecule has 0 aliphatic heterocycles. The molecule has 0 fully saturated rings. The quantitative estimate of drug-likeness (QED) is 0.629. The highest BCUT2D eigenvalue weighted by molar-refractivity contribution is 5.83. The summed E-state index contributed by atoms with van der Waals surface area (Å²) in [4.78, 5) is 17.0. The van der Waals surface area contributed by atoms with Crippen molar-refractivity contribution in [3.05, 3.63) is 66.5 Å². The smallest absolute Gasteiger partial charge is 0.227 e. The monoisotopic (exact) mass is 335 g/mol. The molecule has 0 radical (unpaired) electrons. The van der Waals surface area contributed by atoms with E-state index < -0.39 is 0 Å². The van der Waals surface area contributed by atoms with Gasteiger partial charge in [0.15, 0.2) is 0 Å². The van der Waals surface area contributed by atoms with Gasteiger partial charge in [-0.15, -0.1) is 0 Å². The van der Waals surface area contributed by atoms with Crippen molar-refractivity contribution in [3.63, 3.8) is 0 Å². The number of carbonyl (C=O) groups is 1. The maximum Gasteiger partial charge on any atom is 0.227 e. The topological polar surface area (TPSA) is 46.9 Å². The van der Waals surface area contributed by atoms with Crippen LogP contribution in [0.1, 0.15) is 37.7 Å². The second kappa shape index (κ2) is 8.47. The number of nitrogens with one attached hydrogen (secondary N) is 1. The number of aromatic nitrogens is 2. The molecule has 1 heterocycles. The molecule has 1 unspecified atom stereocenters. The first-order valence-corrected chi connectivity index (χ1v) is 9.02. The number of rotatable bonds is 8. The van der Waals surface area contributed by atoms with Crippen LogP contribution in [0, 0.1) is 0 Å². The standard InChI is InChI=1S/C21H25N3O/c1-2-9-18(17-10-4-3-5-11-17)21(25)22-14-8-15-24-16-23-19-12-6-7-13-20(19)24/h3-7,10-13,16,18H,2,8-9,14-15H2,1H3,(H,22,25). The Kier molecular flexibility index (Phi) is 5.83. The summed E-state index contributed by atoms with van der Waals surface area (Å²) in [6, 6.07) is 18.2. The Bertz CT molecular complexity index is 810. The third-order valence-corrected chi connectivity index (χ3v) is 4.50. The normalized spacial score (nSPS) is 12.2. The van der Waals surface area contributed by atoms with Gasteiger partial charge in [-0.1, -0.05) is 55.8 Å². The molecule has 1 N–H and O–H groups in total. The average Bonchev–Trinajstić information content (AvgIpc) is 3.07. The number of nitrogens with zero attached hydrogens (tertiary/aromatic N) is 2. The van der Waals surface area contributed by atoms with Gasteiger partial charge in [0.2, 0.25) is 5.91 Å². The number of aryl methyl sites for hydroxylation is 1. The molecule has 0 spiro atoms. The number of fused-ring (bicyclic) bond motifs is 1. The second-order valence-electron chi connectivity index (χ2n) is 6.32. The van der Waals surface area contributed by atoms with Gasteiger partial charge in [-0.3, -0.25) is 4.79 Å². The minimum atomic E-state index is -0.0553. The highest BCUT2D eigenvalue weighted by Gasteiger charge is 2.18. The maximum atomic E-state index is 12.6. The molecular formula is C21H25N3O. The molecule has 1 atom stereocenters. The highest BCUT2D eigenvalue weighted by Crippen LogP contribution is 2.21. The Labute approximate surface area is 148 Å². The molecular weight excluding hydrogens is 310 g/mol. The largest absolute Gasteiger partial charge is 0.356 e. The Morgan fingerprint density at radius 3 is 2.68 bits per heavy atom. The van der Waals surface area contributed by atoms with E-state index >= 15 is 0 Å². The first-order valence-electron chi connectivity index (χ1n) is 9.02. The second-order valence-corrected chi connectivity index (χ2v) is 6.32. The van der Waals surface area contributed by atoms with E-state index in [1.54, 1.807) is 0 Å². The van der Waals surface area contributed by atoms with Crippen LogP contribution in [0.2, 0.25) is 0 Å². The fourth-order valence-corrected chi connectivity index (χ4v) is 3.20. The Morgan fingerprint density at radius 1 is 1.12 bits per heavy atom. The number of carbonyl (C=O) groups excluding carboxylic acids is 1. The van der Waals surface area contributed by atoms with Crippen molar-refractivity contribution in [3.8, 4) is 0 Å². The Balaban J connectivity index is 1.53. The predicted octanol–water partition coefficient (Wildman–Crippen LogP) is 4.13. The van der Waals surface area contributed by atoms with Crippen LogP contribution in [0.25, 0.3) is 11.0 Å². The number of hydrogen-bond donors (Lipinski definition) is 1. The molecule has 130 valence electrons. The van der Waals surface area contributed by atoms with Gasteiger partial charge in [0.1, 0.15) is 0 Å². The van der Waals surface area contributed by atoms with Crippen molar-refractivity contribution < 1.29 is 4.79 Å². The van der Waals surface area contributed by atoms with Crippen molar-refractivity contribution in [2.75, 3.05) is 6.54 Å². The fourth-order valence-electron chi connectivity index (χ4n) is 3.20. The zero-order valence-electron chi connectivity index (χ0n) is 14.7. The summed E-state index contributed by atoms with van der Waals surface area (Å²) in [6.45, 7) is 3.65. The van der Waals surface area contributed by atoms with Gasteiger partial charge >= 0.3 is 0 Å². The van der Waals surface area contributed by atoms with Crippen molar-refractivity contribution >= 4 is 16.9 Å². The molecule has 1 aromatic heterocycles. The SMILES string of the molecule is CCCC(C(=O)NCCCn1cnc2ccccc21)c1ccccc1. The van der Waals surface area contributed by atoms with E-state index in [1.165, 1.54) is 0 Å². The molecule has 4 nitrogen and oxygen atoms in total. The molecule has 0 aliphatic carbocycles. The summed E-state index contributed by atoms with van der Waals surface area (Å²) < 4.78 is 2.14. The van der Waals surface area contributed by atoms with Crippen LogP contribution in [-0.4, -0.2) is 22.0 Å². The lowest BCUT2D eigenvalue weighted by atomic mass is 9.93. The molecule has 1 amide bonds. The van der Waals surface area contributed by atoms with Gasteiger partial charge in [0.05, 0.1) is 23.3 Å². The van der Waals surface area contributed by atoms with Crippen LogP contribution >= 0.6 is 0 Å². The zero-order chi connectivity index (χ0) is 17.5. The molecule has 25 heavy (non-hydrogen) atoms. The van der Waals surface area contributed by atoms with Crippen LogP contribution in [0.5, 0.6) is 0 Å². The van der Waals surface area contributed by atoms with E-state index in [0.29, 0.717) is 6.54 Å². The van der Waals surface area contributed by atoms with Crippen LogP contribution in [0.4, 0.5) is 0 Å². The lowest BCUT2D eigenvalue weighted by Gasteiger charge is -2.16. The van der Waals surface area contributed by atoms with Crippen LogP contribution < -0.4 is 5.32 Å². The number of imidazole rings is 1. The van der Waals surface area contributed by atoms with E-state index in [0.717, 1.165) is 42.4 Å². The molecule has 4 heteroatoms. The van der Waals surface area contributed by atoms with Crippen molar-refractivity contribution in [2.24, 2.45) is 0 Å². The summed E-state index contributed by atoms with van der Waals surface area (Å²) in [6.07, 6.45) is 4.63. The number of amides is 1. The van der Waals surface area contributed by atoms with E-state index in [-0.39, 0.29) is 11.8 Å². The third kappa shape index (κ3) is 4.27. The highest BCUT2D eigenvalue weighted by atomic mass is 16.1. The molecule has 3 rings (SSSR count). The summed E-state index contributed by atoms with van der Waals surface area (Å²) in [5.41, 5.74) is 3.25. The first kappa shape index (κ1) is 17.2. The Morgan fingerprint density at radius 2 is 1.88 bits per heavy atom. The fraction of sp³-hybridized carbons (Fsp3) is 0.333. The minimum absolute atomic E-state index is 0.0553. The van der Waals surface area contributed by atoms with Crippen molar-refractivity contribution in [2.45, 2.75) is 38.6 Å². The van der Waals surface area contributed by atoms with E-state index in [4.69, 9.17) is 0 Å². The summed E-state index contributed by atoms with van der Waals surface area (Å²) in [5.74, 6) is 0.0730. The summed E-state index contributed by atoms with van der Waals surface area (Å²) in [7, 11) is 0. The first-order chi connectivity index (χ1) is 12.3. The zero-order valence-corrected chi connectivity index (χ0v) is 14.7. The van der Waals surface area contributed by atoms with Gasteiger partial charge in [-0.05, 0) is 30.5 Å². The van der Waals surface area contributed by atoms with Gasteiger partial charge < -0.3 is 9.88 Å². The third-order valence-electron chi connectivity index (χ3n) is 4.50. The molecule has 0 aliphatic rings. The van der Waals surface area contributed by atoms with E-state index in [2.05, 4.69) is 27.9 Å². The average molecular weight is 335 g/mol. The number of hydrogen-bond acceptors (Lipinski definition) is 2. The molecule has 0 saturated carbocycles. The maximum absolute atomic E-state index is 12.6. The molecule has 0 saturated heterocycles. The molecule has 2 aromatic carbocycles. The van der Waals surface area contributed by atoms with Crippen LogP contribution in [0.3, 0.4) is 0 Å². The molecule has 3 aromatic rings. The summed E-state index contributed by atoms with van der Waals surface area (Å²) >= 11 is 0. The Hall–Kier alpha value is -2.62. The van der Waals surface area contributed by atoms with Crippen LogP contribution in [0.15, 0.2) is 60.9 Å². The van der Waals surface area contributed by atoms with Crippen molar-refractivity contribution in [1.29, 1.82) is 0 Å². The number of para-hydroxylation sites is 2. The lowest BCUT2D eigenvalue weighted by Crippen LogP contribution is -2.30. The van der Waals surface area contributed by atoms with Gasteiger partial charge in [-0.25, -0.2) is 4.98 Å². The number of benzene rings is 2. The van der Waals surface area contributed by atoms with E-state index in [9.17, 15) is 4.79 Å².